The first kappa shape index (κ1) is 21.2. The van der Waals surface area contributed by atoms with Crippen molar-refractivity contribution in [2.45, 2.75) is 12.3 Å². The molecule has 1 atom stereocenters. The van der Waals surface area contributed by atoms with Gasteiger partial charge in [0, 0.05) is 35.0 Å². The molecule has 0 amide bonds. The van der Waals surface area contributed by atoms with Gasteiger partial charge in [0.1, 0.15) is 5.75 Å². The minimum atomic E-state index is 0.314. The monoisotopic (exact) mass is 481 g/mol. The van der Waals surface area contributed by atoms with Crippen LogP contribution < -0.4 is 4.74 Å². The van der Waals surface area contributed by atoms with Gasteiger partial charge in [0.2, 0.25) is 0 Å². The highest BCUT2D eigenvalue weighted by Crippen LogP contribution is 2.34. The molecule has 0 radical (unpaired) electrons. The van der Waals surface area contributed by atoms with Gasteiger partial charge in [0.15, 0.2) is 0 Å². The Morgan fingerprint density at radius 2 is 1.83 bits per heavy atom. The van der Waals surface area contributed by atoms with Crippen LogP contribution in [0, 0.1) is 0 Å². The first-order valence-corrected chi connectivity index (χ1v) is 11.4. The molecular formula is C26H25BrClNO. The van der Waals surface area contributed by atoms with Crippen molar-refractivity contribution >= 4 is 33.6 Å². The standard InChI is InChI=1S/C26H25BrClNO/c1-30-24-13-8-21-14-16-29(15-2-3-19-4-11-23(28)12-5-19)18-26(25(21)17-24)20-6-9-22(27)10-7-20/h2-13,17,26H,14-16,18H2,1H3. The second-order valence-electron chi connectivity index (χ2n) is 7.63. The van der Waals surface area contributed by atoms with Crippen LogP contribution in [0.2, 0.25) is 5.02 Å². The molecule has 1 aliphatic heterocycles. The summed E-state index contributed by atoms with van der Waals surface area (Å²) >= 11 is 9.56. The summed E-state index contributed by atoms with van der Waals surface area (Å²) in [5.41, 5.74) is 5.29. The van der Waals surface area contributed by atoms with Gasteiger partial charge in [0.05, 0.1) is 7.11 Å². The number of hydrogen-bond acceptors (Lipinski definition) is 2. The maximum atomic E-state index is 5.99. The number of fused-ring (bicyclic) bond motifs is 1. The predicted molar refractivity (Wildman–Crippen MR) is 130 cm³/mol. The lowest BCUT2D eigenvalue weighted by Crippen LogP contribution is -2.29. The van der Waals surface area contributed by atoms with Crippen molar-refractivity contribution in [2.75, 3.05) is 26.7 Å². The van der Waals surface area contributed by atoms with Crippen LogP contribution in [-0.4, -0.2) is 31.6 Å². The smallest absolute Gasteiger partial charge is 0.119 e. The topological polar surface area (TPSA) is 12.5 Å². The molecule has 0 saturated carbocycles. The average Bonchev–Trinajstić information content (AvgIpc) is 2.95. The van der Waals surface area contributed by atoms with E-state index in [2.05, 4.69) is 75.4 Å². The van der Waals surface area contributed by atoms with Crippen LogP contribution in [0.5, 0.6) is 5.75 Å². The van der Waals surface area contributed by atoms with Gasteiger partial charge in [-0.3, -0.25) is 4.90 Å². The molecule has 0 saturated heterocycles. The lowest BCUT2D eigenvalue weighted by molar-refractivity contribution is 0.306. The highest BCUT2D eigenvalue weighted by molar-refractivity contribution is 9.10. The Morgan fingerprint density at radius 3 is 2.57 bits per heavy atom. The van der Waals surface area contributed by atoms with Gasteiger partial charge in [-0.05, 0) is 65.1 Å². The molecule has 3 aromatic carbocycles. The summed E-state index contributed by atoms with van der Waals surface area (Å²) in [5.74, 6) is 1.24. The molecule has 4 rings (SSSR count). The molecule has 0 spiro atoms. The van der Waals surface area contributed by atoms with Gasteiger partial charge in [-0.25, -0.2) is 0 Å². The summed E-state index contributed by atoms with van der Waals surface area (Å²) < 4.78 is 6.64. The van der Waals surface area contributed by atoms with Crippen LogP contribution in [0.3, 0.4) is 0 Å². The predicted octanol–water partition coefficient (Wildman–Crippen LogP) is 6.81. The largest absolute Gasteiger partial charge is 0.497 e. The third-order valence-corrected chi connectivity index (χ3v) is 6.46. The molecule has 0 bridgehead atoms. The fourth-order valence-electron chi connectivity index (χ4n) is 4.04. The molecular weight excluding hydrogens is 458 g/mol. The van der Waals surface area contributed by atoms with E-state index in [4.69, 9.17) is 16.3 Å². The van der Waals surface area contributed by atoms with E-state index in [9.17, 15) is 0 Å². The summed E-state index contributed by atoms with van der Waals surface area (Å²) in [5, 5.41) is 0.769. The molecule has 2 nitrogen and oxygen atoms in total. The lowest BCUT2D eigenvalue weighted by atomic mass is 9.88. The third-order valence-electron chi connectivity index (χ3n) is 5.68. The summed E-state index contributed by atoms with van der Waals surface area (Å²) in [7, 11) is 1.74. The van der Waals surface area contributed by atoms with E-state index < -0.39 is 0 Å². The van der Waals surface area contributed by atoms with E-state index >= 15 is 0 Å². The number of ether oxygens (including phenoxy) is 1. The van der Waals surface area contributed by atoms with Crippen molar-refractivity contribution in [3.8, 4) is 5.75 Å². The molecule has 30 heavy (non-hydrogen) atoms. The summed E-state index contributed by atoms with van der Waals surface area (Å²) in [6.45, 7) is 2.94. The molecule has 1 heterocycles. The second kappa shape index (κ2) is 9.82. The van der Waals surface area contributed by atoms with Crippen molar-refractivity contribution in [3.63, 3.8) is 0 Å². The Bertz CT molecular complexity index is 1010. The van der Waals surface area contributed by atoms with Gasteiger partial charge >= 0.3 is 0 Å². The van der Waals surface area contributed by atoms with Crippen LogP contribution in [0.15, 0.2) is 77.3 Å². The van der Waals surface area contributed by atoms with Gasteiger partial charge in [-0.1, -0.05) is 70.0 Å². The molecule has 0 aliphatic carbocycles. The van der Waals surface area contributed by atoms with Crippen LogP contribution in [-0.2, 0) is 6.42 Å². The second-order valence-corrected chi connectivity index (χ2v) is 8.98. The zero-order valence-electron chi connectivity index (χ0n) is 17.0. The molecule has 4 heteroatoms. The summed E-state index contributed by atoms with van der Waals surface area (Å²) in [6.07, 6.45) is 5.46. The van der Waals surface area contributed by atoms with E-state index in [1.165, 1.54) is 22.3 Å². The Labute approximate surface area is 192 Å². The molecule has 0 fully saturated rings. The first-order valence-electron chi connectivity index (χ1n) is 10.2. The molecule has 0 aromatic heterocycles. The fraction of sp³-hybridized carbons (Fsp3) is 0.231. The van der Waals surface area contributed by atoms with E-state index in [0.29, 0.717) is 5.92 Å². The van der Waals surface area contributed by atoms with Crippen molar-refractivity contribution in [3.05, 3.63) is 105 Å². The molecule has 154 valence electrons. The molecule has 1 aliphatic rings. The zero-order chi connectivity index (χ0) is 20.9. The number of methoxy groups -OCH3 is 1. The maximum Gasteiger partial charge on any atom is 0.119 e. The zero-order valence-corrected chi connectivity index (χ0v) is 19.4. The van der Waals surface area contributed by atoms with Crippen molar-refractivity contribution in [2.24, 2.45) is 0 Å². The minimum absolute atomic E-state index is 0.314. The highest BCUT2D eigenvalue weighted by Gasteiger charge is 2.24. The average molecular weight is 483 g/mol. The normalized spacial score (nSPS) is 17.0. The highest BCUT2D eigenvalue weighted by atomic mass is 79.9. The van der Waals surface area contributed by atoms with Crippen LogP contribution in [0.1, 0.15) is 28.2 Å². The van der Waals surface area contributed by atoms with Crippen molar-refractivity contribution < 1.29 is 4.74 Å². The molecule has 1 unspecified atom stereocenters. The SMILES string of the molecule is COc1ccc2c(c1)C(c1ccc(Br)cc1)CN(CC=Cc1ccc(Cl)cc1)CC2. The van der Waals surface area contributed by atoms with E-state index in [1.54, 1.807) is 7.11 Å². The number of hydrogen-bond donors (Lipinski definition) is 0. The van der Waals surface area contributed by atoms with Crippen molar-refractivity contribution in [1.82, 2.24) is 4.90 Å². The third kappa shape index (κ3) is 5.15. The maximum absolute atomic E-state index is 5.99. The Kier molecular flexibility index (Phi) is 6.93. The van der Waals surface area contributed by atoms with Crippen molar-refractivity contribution in [1.29, 1.82) is 0 Å². The lowest BCUT2D eigenvalue weighted by Gasteiger charge is -2.24. The van der Waals surface area contributed by atoms with Gasteiger partial charge in [-0.15, -0.1) is 0 Å². The quantitative estimate of drug-likeness (QED) is 0.396. The fourth-order valence-corrected chi connectivity index (χ4v) is 4.43. The summed E-state index contributed by atoms with van der Waals surface area (Å²) in [4.78, 5) is 2.53. The number of rotatable bonds is 5. The number of nitrogens with zero attached hydrogens (tertiary/aromatic N) is 1. The van der Waals surface area contributed by atoms with Crippen LogP contribution in [0.25, 0.3) is 6.08 Å². The van der Waals surface area contributed by atoms with Gasteiger partial charge in [-0.2, -0.15) is 0 Å². The Hall–Kier alpha value is -2.07. The number of halogens is 2. The summed E-state index contributed by atoms with van der Waals surface area (Å²) in [6, 6.07) is 23.2. The van der Waals surface area contributed by atoms with E-state index in [1.807, 2.05) is 24.3 Å². The van der Waals surface area contributed by atoms with Crippen LogP contribution >= 0.6 is 27.5 Å². The Morgan fingerprint density at radius 1 is 1.07 bits per heavy atom. The minimum Gasteiger partial charge on any atom is -0.497 e. The van der Waals surface area contributed by atoms with Gasteiger partial charge < -0.3 is 4.74 Å². The molecule has 0 N–H and O–H groups in total. The Balaban J connectivity index is 1.58. The number of benzene rings is 3. The van der Waals surface area contributed by atoms with Gasteiger partial charge in [0.25, 0.3) is 0 Å². The van der Waals surface area contributed by atoms with E-state index in [0.717, 1.165) is 41.3 Å². The van der Waals surface area contributed by atoms with Crippen LogP contribution in [0.4, 0.5) is 0 Å². The first-order chi connectivity index (χ1) is 14.6. The van der Waals surface area contributed by atoms with E-state index in [-0.39, 0.29) is 0 Å². The molecule has 3 aromatic rings.